The van der Waals surface area contributed by atoms with Crippen LogP contribution in [0.5, 0.6) is 0 Å². The molecule has 3 unspecified atom stereocenters. The zero-order valence-electron chi connectivity index (χ0n) is 18.7. The lowest BCUT2D eigenvalue weighted by molar-refractivity contribution is -0.142. The molecule has 2 heterocycles. The van der Waals surface area contributed by atoms with E-state index in [0.29, 0.717) is 6.42 Å². The Morgan fingerprint density at radius 1 is 0.853 bits per heavy atom. The third kappa shape index (κ3) is 4.94. The van der Waals surface area contributed by atoms with Crippen LogP contribution in [0.3, 0.4) is 0 Å². The van der Waals surface area contributed by atoms with E-state index in [1.54, 1.807) is 6.20 Å². The van der Waals surface area contributed by atoms with Gasteiger partial charge in [-0.05, 0) is 36.6 Å². The first-order valence-electron chi connectivity index (χ1n) is 11.0. The van der Waals surface area contributed by atoms with Gasteiger partial charge in [-0.1, -0.05) is 36.4 Å². The van der Waals surface area contributed by atoms with Gasteiger partial charge >= 0.3 is 5.97 Å². The molecule has 0 fully saturated rings. The highest BCUT2D eigenvalue weighted by atomic mass is 16.4. The average molecular weight is 462 g/mol. The lowest BCUT2D eigenvalue weighted by atomic mass is 10.0. The molecule has 3 atom stereocenters. The zero-order valence-corrected chi connectivity index (χ0v) is 18.7. The average Bonchev–Trinajstić information content (AvgIpc) is 3.42. The zero-order chi connectivity index (χ0) is 24.2. The summed E-state index contributed by atoms with van der Waals surface area (Å²) in [6.07, 6.45) is 3.95. The van der Waals surface area contributed by atoms with E-state index in [-0.39, 0.29) is 6.42 Å². The van der Waals surface area contributed by atoms with Gasteiger partial charge in [0.2, 0.25) is 11.8 Å². The van der Waals surface area contributed by atoms with Gasteiger partial charge < -0.3 is 31.4 Å². The van der Waals surface area contributed by atoms with E-state index in [9.17, 15) is 19.5 Å². The van der Waals surface area contributed by atoms with Crippen molar-refractivity contribution in [3.63, 3.8) is 0 Å². The molecule has 0 aliphatic rings. The number of nitrogens with one attached hydrogen (secondary N) is 4. The fourth-order valence-corrected chi connectivity index (χ4v) is 4.03. The Morgan fingerprint density at radius 2 is 1.38 bits per heavy atom. The maximum absolute atomic E-state index is 12.7. The minimum absolute atomic E-state index is 0.103. The first kappa shape index (κ1) is 23.1. The van der Waals surface area contributed by atoms with Crippen molar-refractivity contribution in [2.45, 2.75) is 37.9 Å². The van der Waals surface area contributed by atoms with Gasteiger partial charge in [0.25, 0.3) is 0 Å². The molecule has 176 valence electrons. The third-order valence-electron chi connectivity index (χ3n) is 5.92. The Balaban J connectivity index is 1.35. The van der Waals surface area contributed by atoms with Crippen molar-refractivity contribution in [1.29, 1.82) is 0 Å². The van der Waals surface area contributed by atoms with E-state index in [0.717, 1.165) is 32.9 Å². The van der Waals surface area contributed by atoms with Crippen LogP contribution in [0.1, 0.15) is 18.1 Å². The molecule has 9 heteroatoms. The molecule has 0 spiro atoms. The summed E-state index contributed by atoms with van der Waals surface area (Å²) in [6, 6.07) is 12.3. The van der Waals surface area contributed by atoms with E-state index >= 15 is 0 Å². The van der Waals surface area contributed by atoms with Crippen molar-refractivity contribution in [2.24, 2.45) is 5.73 Å². The lowest BCUT2D eigenvalue weighted by Gasteiger charge is -2.20. The molecule has 2 aromatic heterocycles. The van der Waals surface area contributed by atoms with Crippen LogP contribution in [0.4, 0.5) is 0 Å². The van der Waals surface area contributed by atoms with Gasteiger partial charge in [-0.3, -0.25) is 9.59 Å². The van der Waals surface area contributed by atoms with Gasteiger partial charge in [-0.25, -0.2) is 4.79 Å². The SMILES string of the molecule is CC(NC(=O)C(N)Cc1c[nH]c2ccccc12)C(=O)NC(Cc1c[nH]c2ccccc12)C(=O)O. The molecule has 0 aliphatic heterocycles. The maximum Gasteiger partial charge on any atom is 0.326 e. The Bertz CT molecular complexity index is 1340. The van der Waals surface area contributed by atoms with Crippen molar-refractivity contribution in [3.05, 3.63) is 72.1 Å². The quantitative estimate of drug-likeness (QED) is 0.225. The Hall–Kier alpha value is -4.11. The van der Waals surface area contributed by atoms with Crippen LogP contribution in [0, 0.1) is 0 Å². The van der Waals surface area contributed by atoms with Crippen LogP contribution < -0.4 is 16.4 Å². The highest BCUT2D eigenvalue weighted by Gasteiger charge is 2.26. The molecular weight excluding hydrogens is 434 g/mol. The molecule has 0 bridgehead atoms. The van der Waals surface area contributed by atoms with Gasteiger partial charge in [-0.2, -0.15) is 0 Å². The number of hydrogen-bond donors (Lipinski definition) is 6. The molecule has 2 amide bonds. The lowest BCUT2D eigenvalue weighted by Crippen LogP contribution is -2.54. The molecule has 7 N–H and O–H groups in total. The monoisotopic (exact) mass is 461 g/mol. The third-order valence-corrected chi connectivity index (χ3v) is 5.92. The topological polar surface area (TPSA) is 153 Å². The van der Waals surface area contributed by atoms with Crippen LogP contribution >= 0.6 is 0 Å². The molecule has 34 heavy (non-hydrogen) atoms. The maximum atomic E-state index is 12.7. The van der Waals surface area contributed by atoms with Gasteiger partial charge in [0, 0.05) is 40.6 Å². The van der Waals surface area contributed by atoms with Gasteiger partial charge in [-0.15, -0.1) is 0 Å². The van der Waals surface area contributed by atoms with Crippen LogP contribution in [-0.2, 0) is 27.2 Å². The predicted molar refractivity (Wildman–Crippen MR) is 129 cm³/mol. The molecule has 9 nitrogen and oxygen atoms in total. The summed E-state index contributed by atoms with van der Waals surface area (Å²) < 4.78 is 0. The summed E-state index contributed by atoms with van der Waals surface area (Å²) in [7, 11) is 0. The second-order valence-corrected chi connectivity index (χ2v) is 8.36. The van der Waals surface area contributed by atoms with E-state index in [1.165, 1.54) is 6.92 Å². The number of H-pyrrole nitrogens is 2. The van der Waals surface area contributed by atoms with E-state index in [2.05, 4.69) is 20.6 Å². The minimum atomic E-state index is -1.16. The number of carboxylic acid groups (broad SMARTS) is 1. The number of carboxylic acids is 1. The normalized spacial score (nSPS) is 13.9. The number of benzene rings is 2. The number of amides is 2. The molecule has 4 aromatic rings. The van der Waals surface area contributed by atoms with Crippen LogP contribution in [0.25, 0.3) is 21.8 Å². The number of aromatic nitrogens is 2. The molecular formula is C25H27N5O4. The summed E-state index contributed by atoms with van der Waals surface area (Å²) in [5.41, 5.74) is 9.61. The summed E-state index contributed by atoms with van der Waals surface area (Å²) in [4.78, 5) is 43.3. The number of rotatable bonds is 9. The van der Waals surface area contributed by atoms with E-state index in [1.807, 2.05) is 54.7 Å². The second-order valence-electron chi connectivity index (χ2n) is 8.36. The summed E-state index contributed by atoms with van der Waals surface area (Å²) >= 11 is 0. The number of aliphatic carboxylic acids is 1. The number of carbonyl (C=O) groups excluding carboxylic acids is 2. The number of para-hydroxylation sites is 2. The largest absolute Gasteiger partial charge is 0.480 e. The molecule has 4 rings (SSSR count). The van der Waals surface area contributed by atoms with E-state index < -0.39 is 35.9 Å². The molecule has 0 aliphatic carbocycles. The fourth-order valence-electron chi connectivity index (χ4n) is 4.03. The molecule has 0 saturated heterocycles. The minimum Gasteiger partial charge on any atom is -0.480 e. The van der Waals surface area contributed by atoms with Crippen molar-refractivity contribution in [2.75, 3.05) is 0 Å². The highest BCUT2D eigenvalue weighted by molar-refractivity contribution is 5.92. The van der Waals surface area contributed by atoms with Gasteiger partial charge in [0.1, 0.15) is 12.1 Å². The second kappa shape index (κ2) is 9.80. The number of hydrogen-bond acceptors (Lipinski definition) is 4. The first-order chi connectivity index (χ1) is 16.3. The molecule has 0 radical (unpaired) electrons. The summed E-state index contributed by atoms with van der Waals surface area (Å²) in [5, 5.41) is 16.6. The standard InChI is InChI=1S/C25H27N5O4/c1-14(29-24(32)19(26)10-15-12-27-20-8-4-2-6-17(15)20)23(31)30-22(25(33)34)11-16-13-28-21-9-5-3-7-18(16)21/h2-9,12-14,19,22,27-28H,10-11,26H2,1H3,(H,29,32)(H,30,31)(H,33,34). The molecule has 0 saturated carbocycles. The number of aromatic amines is 2. The fraction of sp³-hybridized carbons (Fsp3) is 0.240. The summed E-state index contributed by atoms with van der Waals surface area (Å²) in [6.45, 7) is 1.50. The Labute approximate surface area is 195 Å². The molecule has 2 aromatic carbocycles. The van der Waals surface area contributed by atoms with Crippen molar-refractivity contribution < 1.29 is 19.5 Å². The van der Waals surface area contributed by atoms with Crippen LogP contribution in [0.2, 0.25) is 0 Å². The predicted octanol–water partition coefficient (Wildman–Crippen LogP) is 1.84. The van der Waals surface area contributed by atoms with Crippen LogP contribution in [0.15, 0.2) is 60.9 Å². The Morgan fingerprint density at radius 3 is 1.94 bits per heavy atom. The van der Waals surface area contributed by atoms with Gasteiger partial charge in [0.15, 0.2) is 0 Å². The first-order valence-corrected chi connectivity index (χ1v) is 11.0. The van der Waals surface area contributed by atoms with Crippen molar-refractivity contribution >= 4 is 39.6 Å². The smallest absolute Gasteiger partial charge is 0.326 e. The van der Waals surface area contributed by atoms with Crippen LogP contribution in [-0.4, -0.2) is 51.0 Å². The van der Waals surface area contributed by atoms with Crippen molar-refractivity contribution in [3.8, 4) is 0 Å². The number of fused-ring (bicyclic) bond motifs is 2. The number of nitrogens with two attached hydrogens (primary N) is 1. The van der Waals surface area contributed by atoms with Crippen molar-refractivity contribution in [1.82, 2.24) is 20.6 Å². The highest BCUT2D eigenvalue weighted by Crippen LogP contribution is 2.20. The van der Waals surface area contributed by atoms with E-state index in [4.69, 9.17) is 5.73 Å². The number of carbonyl (C=O) groups is 3. The summed E-state index contributed by atoms with van der Waals surface area (Å²) in [5.74, 6) is -2.25. The van der Waals surface area contributed by atoms with Gasteiger partial charge in [0.05, 0.1) is 6.04 Å². The Kier molecular flexibility index (Phi) is 6.65.